The first-order chi connectivity index (χ1) is 13.3. The lowest BCUT2D eigenvalue weighted by Crippen LogP contribution is -2.36. The molecule has 0 aromatic heterocycles. The largest absolute Gasteiger partial charge is 0.478 e. The van der Waals surface area contributed by atoms with Crippen molar-refractivity contribution in [3.8, 4) is 0 Å². The van der Waals surface area contributed by atoms with Crippen LogP contribution < -0.4 is 0 Å². The van der Waals surface area contributed by atoms with Crippen LogP contribution in [0.4, 0.5) is 0 Å². The highest BCUT2D eigenvalue weighted by Gasteiger charge is 2.45. The number of rotatable bonds is 8. The average molecular weight is 392 g/mol. The van der Waals surface area contributed by atoms with E-state index in [9.17, 15) is 19.5 Å². The van der Waals surface area contributed by atoms with Crippen molar-refractivity contribution in [2.24, 2.45) is 11.8 Å². The van der Waals surface area contributed by atoms with Crippen molar-refractivity contribution in [3.05, 3.63) is 47.5 Å². The van der Waals surface area contributed by atoms with E-state index in [0.29, 0.717) is 17.8 Å². The molecule has 1 heterocycles. The zero-order valence-electron chi connectivity index (χ0n) is 16.1. The topological polar surface area (TPSA) is 108 Å². The number of carboxylic acids is 1. The van der Waals surface area contributed by atoms with Crippen LogP contribution >= 0.6 is 0 Å². The summed E-state index contributed by atoms with van der Waals surface area (Å²) in [4.78, 5) is 36.0. The molecule has 3 atom stereocenters. The van der Waals surface area contributed by atoms with Gasteiger partial charge in [-0.15, -0.1) is 0 Å². The fourth-order valence-corrected chi connectivity index (χ4v) is 3.21. The number of hydrogen-bond acceptors (Lipinski definition) is 7. The van der Waals surface area contributed by atoms with Gasteiger partial charge in [-0.1, -0.05) is 12.7 Å². The van der Waals surface area contributed by atoms with Gasteiger partial charge in [0, 0.05) is 5.92 Å². The molecule has 3 unspecified atom stereocenters. The molecule has 1 aliphatic heterocycles. The van der Waals surface area contributed by atoms with E-state index in [1.165, 1.54) is 12.3 Å². The Morgan fingerprint density at radius 3 is 2.36 bits per heavy atom. The van der Waals surface area contributed by atoms with Gasteiger partial charge in [-0.3, -0.25) is 0 Å². The van der Waals surface area contributed by atoms with Gasteiger partial charge in [0.2, 0.25) is 6.29 Å². The highest BCUT2D eigenvalue weighted by Crippen LogP contribution is 2.44. The second-order valence-corrected chi connectivity index (χ2v) is 6.27. The number of hydrogen-bond donors (Lipinski definition) is 1. The first-order valence-electron chi connectivity index (χ1n) is 8.97. The van der Waals surface area contributed by atoms with E-state index in [-0.39, 0.29) is 24.4 Å². The van der Waals surface area contributed by atoms with E-state index in [1.807, 2.05) is 0 Å². The molecular weight excluding hydrogens is 368 g/mol. The Hall–Kier alpha value is -3.03. The van der Waals surface area contributed by atoms with Crippen LogP contribution in [0.25, 0.3) is 0 Å². The fraction of sp³-hybridized carbons (Fsp3) is 0.450. The molecule has 0 saturated carbocycles. The summed E-state index contributed by atoms with van der Waals surface area (Å²) >= 11 is 0. The Morgan fingerprint density at radius 1 is 1.25 bits per heavy atom. The predicted octanol–water partition coefficient (Wildman–Crippen LogP) is 2.48. The van der Waals surface area contributed by atoms with Crippen LogP contribution in [-0.2, 0) is 33.3 Å². The fourth-order valence-electron chi connectivity index (χ4n) is 3.21. The molecule has 0 radical (unpaired) electrons. The van der Waals surface area contributed by atoms with Crippen LogP contribution in [0.5, 0.6) is 0 Å². The van der Waals surface area contributed by atoms with Crippen molar-refractivity contribution in [1.29, 1.82) is 0 Å². The standard InChI is InChI=1S/C20H24O8/c1-5-25-18(23)14(19(24)26-6-2)9-12-7-8-13-15(17(21)22)10-27-20(16(12)13)28-11(3)4/h7,9-10,13,16,20H,3,5-6,8H2,1-2,4H3,(H,21,22). The zero-order valence-corrected chi connectivity index (χ0v) is 16.1. The maximum Gasteiger partial charge on any atom is 0.345 e. The molecule has 0 aromatic carbocycles. The lowest BCUT2D eigenvalue weighted by molar-refractivity contribution is -0.147. The number of fused-ring (bicyclic) bond motifs is 1. The van der Waals surface area contributed by atoms with Gasteiger partial charge in [-0.2, -0.15) is 0 Å². The molecule has 8 nitrogen and oxygen atoms in total. The summed E-state index contributed by atoms with van der Waals surface area (Å²) in [5.74, 6) is -3.29. The summed E-state index contributed by atoms with van der Waals surface area (Å²) in [5, 5.41) is 9.44. The third-order valence-electron chi connectivity index (χ3n) is 4.31. The molecule has 1 aliphatic carbocycles. The van der Waals surface area contributed by atoms with Crippen molar-refractivity contribution >= 4 is 17.9 Å². The summed E-state index contributed by atoms with van der Waals surface area (Å²) in [6.45, 7) is 8.77. The number of esters is 2. The highest BCUT2D eigenvalue weighted by molar-refractivity contribution is 6.14. The van der Waals surface area contributed by atoms with Crippen LogP contribution in [0.1, 0.15) is 27.2 Å². The Balaban J connectivity index is 2.42. The average Bonchev–Trinajstić information content (AvgIpc) is 3.03. The number of aliphatic carboxylic acids is 1. The minimum Gasteiger partial charge on any atom is -0.478 e. The molecule has 0 saturated heterocycles. The van der Waals surface area contributed by atoms with Gasteiger partial charge in [-0.05, 0) is 38.8 Å². The maximum absolute atomic E-state index is 12.2. The molecule has 28 heavy (non-hydrogen) atoms. The van der Waals surface area contributed by atoms with Gasteiger partial charge >= 0.3 is 17.9 Å². The van der Waals surface area contributed by atoms with E-state index in [4.69, 9.17) is 18.9 Å². The molecule has 8 heteroatoms. The van der Waals surface area contributed by atoms with Crippen molar-refractivity contribution in [2.75, 3.05) is 13.2 Å². The summed E-state index contributed by atoms with van der Waals surface area (Å²) in [6, 6.07) is 0. The molecule has 0 fully saturated rings. The smallest absolute Gasteiger partial charge is 0.345 e. The maximum atomic E-state index is 12.2. The Kier molecular flexibility index (Phi) is 7.03. The van der Waals surface area contributed by atoms with E-state index < -0.39 is 36.0 Å². The molecule has 152 valence electrons. The van der Waals surface area contributed by atoms with E-state index in [1.54, 1.807) is 26.8 Å². The highest BCUT2D eigenvalue weighted by atomic mass is 16.7. The molecule has 2 rings (SSSR count). The van der Waals surface area contributed by atoms with E-state index in [2.05, 4.69) is 6.58 Å². The summed E-state index contributed by atoms with van der Waals surface area (Å²) in [6.07, 6.45) is 3.86. The molecule has 1 N–H and O–H groups in total. The quantitative estimate of drug-likeness (QED) is 0.221. The van der Waals surface area contributed by atoms with Gasteiger partial charge in [0.25, 0.3) is 0 Å². The first kappa shape index (κ1) is 21.3. The molecular formula is C20H24O8. The Bertz CT molecular complexity index is 738. The first-order valence-corrected chi connectivity index (χ1v) is 8.97. The second-order valence-electron chi connectivity index (χ2n) is 6.27. The van der Waals surface area contributed by atoms with Crippen LogP contribution in [-0.4, -0.2) is 42.5 Å². The van der Waals surface area contributed by atoms with Gasteiger partial charge in [0.15, 0.2) is 0 Å². The lowest BCUT2D eigenvalue weighted by atomic mass is 9.83. The second kappa shape index (κ2) is 9.25. The minimum absolute atomic E-state index is 0.0943. The number of allylic oxidation sites excluding steroid dienone is 3. The minimum atomic E-state index is -1.10. The number of carboxylic acid groups (broad SMARTS) is 1. The van der Waals surface area contributed by atoms with Crippen LogP contribution in [0.15, 0.2) is 47.5 Å². The third kappa shape index (κ3) is 4.62. The molecule has 0 amide bonds. The van der Waals surface area contributed by atoms with Crippen molar-refractivity contribution < 1.29 is 38.4 Å². The third-order valence-corrected chi connectivity index (χ3v) is 4.31. The number of carbonyl (C=O) groups excluding carboxylic acids is 2. The molecule has 0 bridgehead atoms. The van der Waals surface area contributed by atoms with Gasteiger partial charge in [0.05, 0.1) is 36.7 Å². The van der Waals surface area contributed by atoms with Crippen molar-refractivity contribution in [2.45, 2.75) is 33.5 Å². The monoisotopic (exact) mass is 392 g/mol. The summed E-state index contributed by atoms with van der Waals surface area (Å²) in [7, 11) is 0. The molecule has 0 spiro atoms. The normalized spacial score (nSPS) is 22.6. The Labute approximate surface area is 163 Å². The van der Waals surface area contributed by atoms with E-state index >= 15 is 0 Å². The van der Waals surface area contributed by atoms with Gasteiger partial charge < -0.3 is 24.1 Å². The summed E-state index contributed by atoms with van der Waals surface area (Å²) < 4.78 is 21.0. The molecule has 0 aromatic rings. The van der Waals surface area contributed by atoms with Crippen molar-refractivity contribution in [1.82, 2.24) is 0 Å². The predicted molar refractivity (Wildman–Crippen MR) is 97.5 cm³/mol. The van der Waals surface area contributed by atoms with Gasteiger partial charge in [0.1, 0.15) is 5.57 Å². The lowest BCUT2D eigenvalue weighted by Gasteiger charge is -2.34. The van der Waals surface area contributed by atoms with Gasteiger partial charge in [-0.25, -0.2) is 14.4 Å². The molecule has 2 aliphatic rings. The van der Waals surface area contributed by atoms with Crippen LogP contribution in [0.2, 0.25) is 0 Å². The van der Waals surface area contributed by atoms with Crippen molar-refractivity contribution in [3.63, 3.8) is 0 Å². The number of ether oxygens (including phenoxy) is 4. The van der Waals surface area contributed by atoms with E-state index in [0.717, 1.165) is 0 Å². The van der Waals surface area contributed by atoms with Crippen LogP contribution in [0, 0.1) is 11.8 Å². The van der Waals surface area contributed by atoms with Crippen LogP contribution in [0.3, 0.4) is 0 Å². The SMILES string of the molecule is C=C(C)OC1OC=C(C(=O)O)C2CC=C(C=C(C(=O)OCC)C(=O)OCC)C12. The summed E-state index contributed by atoms with van der Waals surface area (Å²) in [5.41, 5.74) is 0.371. The number of carbonyl (C=O) groups is 3. The Morgan fingerprint density at radius 2 is 1.86 bits per heavy atom. The zero-order chi connectivity index (χ0) is 20.8.